The van der Waals surface area contributed by atoms with E-state index < -0.39 is 0 Å². The van der Waals surface area contributed by atoms with Crippen LogP contribution in [0.2, 0.25) is 0 Å². The molecule has 108 valence electrons. The molecule has 1 aliphatic heterocycles. The maximum absolute atomic E-state index is 5.64. The van der Waals surface area contributed by atoms with Gasteiger partial charge in [-0.05, 0) is 52.1 Å². The zero-order valence-corrected chi connectivity index (χ0v) is 12.8. The molecule has 3 nitrogen and oxygen atoms in total. The summed E-state index contributed by atoms with van der Waals surface area (Å²) >= 11 is 0. The van der Waals surface area contributed by atoms with E-state index in [4.69, 9.17) is 4.74 Å². The van der Waals surface area contributed by atoms with Crippen LogP contribution in [0, 0.1) is 5.41 Å². The van der Waals surface area contributed by atoms with Crippen molar-refractivity contribution in [2.75, 3.05) is 39.8 Å². The minimum atomic E-state index is 0.347. The summed E-state index contributed by atoms with van der Waals surface area (Å²) in [5.74, 6) is 0. The summed E-state index contributed by atoms with van der Waals surface area (Å²) < 4.78 is 5.64. The number of nitrogens with one attached hydrogen (secondary N) is 1. The van der Waals surface area contributed by atoms with Gasteiger partial charge in [0, 0.05) is 19.6 Å². The first-order valence-corrected chi connectivity index (χ1v) is 7.59. The van der Waals surface area contributed by atoms with Crippen molar-refractivity contribution in [3.8, 4) is 0 Å². The highest BCUT2D eigenvalue weighted by molar-refractivity contribution is 4.87. The second kappa shape index (κ2) is 8.13. The average Bonchev–Trinajstić information content (AvgIpc) is 2.29. The highest BCUT2D eigenvalue weighted by Gasteiger charge is 2.32. The van der Waals surface area contributed by atoms with Crippen molar-refractivity contribution < 1.29 is 4.74 Å². The molecule has 1 heterocycles. The topological polar surface area (TPSA) is 24.5 Å². The van der Waals surface area contributed by atoms with Crippen molar-refractivity contribution in [2.24, 2.45) is 5.41 Å². The minimum Gasteiger partial charge on any atom is -0.377 e. The minimum absolute atomic E-state index is 0.347. The molecule has 0 aromatic heterocycles. The summed E-state index contributed by atoms with van der Waals surface area (Å²) in [5, 5.41) is 3.58. The summed E-state index contributed by atoms with van der Waals surface area (Å²) in [6, 6.07) is 0. The Balaban J connectivity index is 2.35. The predicted molar refractivity (Wildman–Crippen MR) is 78.0 cm³/mol. The second-order valence-electron chi connectivity index (χ2n) is 6.19. The Morgan fingerprint density at radius 2 is 2.17 bits per heavy atom. The van der Waals surface area contributed by atoms with Gasteiger partial charge in [-0.15, -0.1) is 0 Å². The summed E-state index contributed by atoms with van der Waals surface area (Å²) in [7, 11) is 2.23. The summed E-state index contributed by atoms with van der Waals surface area (Å²) in [4.78, 5) is 2.45. The number of rotatable bonds is 8. The summed E-state index contributed by atoms with van der Waals surface area (Å²) in [5.41, 5.74) is 0.500. The number of hydrogen-bond donors (Lipinski definition) is 1. The Labute approximate surface area is 113 Å². The van der Waals surface area contributed by atoms with Crippen LogP contribution < -0.4 is 5.32 Å². The van der Waals surface area contributed by atoms with E-state index in [0.29, 0.717) is 11.5 Å². The van der Waals surface area contributed by atoms with Gasteiger partial charge in [-0.25, -0.2) is 0 Å². The Morgan fingerprint density at radius 1 is 1.39 bits per heavy atom. The molecule has 3 heteroatoms. The molecule has 0 aromatic carbocycles. The molecule has 0 saturated carbocycles. The van der Waals surface area contributed by atoms with E-state index in [9.17, 15) is 0 Å². The molecule has 1 unspecified atom stereocenters. The van der Waals surface area contributed by atoms with E-state index in [2.05, 4.69) is 38.0 Å². The zero-order valence-electron chi connectivity index (χ0n) is 12.8. The Morgan fingerprint density at radius 3 is 2.72 bits per heavy atom. The first kappa shape index (κ1) is 15.9. The molecular formula is C15H32N2O. The van der Waals surface area contributed by atoms with Crippen LogP contribution in [0.15, 0.2) is 0 Å². The van der Waals surface area contributed by atoms with Gasteiger partial charge < -0.3 is 15.0 Å². The molecule has 1 fully saturated rings. The Bertz CT molecular complexity index is 207. The van der Waals surface area contributed by atoms with Gasteiger partial charge in [0.15, 0.2) is 0 Å². The van der Waals surface area contributed by atoms with Gasteiger partial charge in [0.25, 0.3) is 0 Å². The fourth-order valence-electron chi connectivity index (χ4n) is 3.08. The van der Waals surface area contributed by atoms with Crippen LogP contribution in [0.5, 0.6) is 0 Å². The first-order valence-electron chi connectivity index (χ1n) is 7.59. The lowest BCUT2D eigenvalue weighted by Gasteiger charge is -2.40. The van der Waals surface area contributed by atoms with E-state index in [0.717, 1.165) is 13.2 Å². The SMILES string of the molecule is CCCC1(CN(C)CCOC(C)C)CCCNC1. The largest absolute Gasteiger partial charge is 0.377 e. The number of piperidine rings is 1. The molecule has 0 bridgehead atoms. The zero-order chi connectivity index (χ0) is 13.4. The van der Waals surface area contributed by atoms with Gasteiger partial charge >= 0.3 is 0 Å². The highest BCUT2D eigenvalue weighted by atomic mass is 16.5. The third-order valence-corrected chi connectivity index (χ3v) is 3.87. The van der Waals surface area contributed by atoms with Crippen LogP contribution in [0.3, 0.4) is 0 Å². The third-order valence-electron chi connectivity index (χ3n) is 3.87. The standard InChI is InChI=1S/C15H32N2O/c1-5-7-15(8-6-9-16-12-15)13-17(4)10-11-18-14(2)3/h14,16H,5-13H2,1-4H3. The summed E-state index contributed by atoms with van der Waals surface area (Å²) in [6.07, 6.45) is 5.69. The normalized spacial score (nSPS) is 25.0. The van der Waals surface area contributed by atoms with E-state index in [1.165, 1.54) is 45.3 Å². The maximum Gasteiger partial charge on any atom is 0.0596 e. The molecule has 1 aliphatic rings. The number of ether oxygens (including phenoxy) is 1. The van der Waals surface area contributed by atoms with Crippen molar-refractivity contribution in [3.05, 3.63) is 0 Å². The fraction of sp³-hybridized carbons (Fsp3) is 1.00. The third kappa shape index (κ3) is 5.68. The average molecular weight is 256 g/mol. The number of nitrogens with zero attached hydrogens (tertiary/aromatic N) is 1. The van der Waals surface area contributed by atoms with Crippen LogP contribution in [-0.2, 0) is 4.74 Å². The van der Waals surface area contributed by atoms with E-state index >= 15 is 0 Å². The maximum atomic E-state index is 5.64. The summed E-state index contributed by atoms with van der Waals surface area (Å²) in [6.45, 7) is 12.0. The predicted octanol–water partition coefficient (Wildman–Crippen LogP) is 2.51. The highest BCUT2D eigenvalue weighted by Crippen LogP contribution is 2.32. The molecule has 0 amide bonds. The quantitative estimate of drug-likeness (QED) is 0.722. The molecular weight excluding hydrogens is 224 g/mol. The molecule has 1 saturated heterocycles. The lowest BCUT2D eigenvalue weighted by Crippen LogP contribution is -2.47. The number of likely N-dealkylation sites (N-methyl/N-ethyl adjacent to an activating group) is 1. The van der Waals surface area contributed by atoms with Crippen LogP contribution in [0.25, 0.3) is 0 Å². The van der Waals surface area contributed by atoms with Crippen LogP contribution >= 0.6 is 0 Å². The molecule has 1 atom stereocenters. The van der Waals surface area contributed by atoms with Crippen molar-refractivity contribution >= 4 is 0 Å². The van der Waals surface area contributed by atoms with Crippen LogP contribution in [0.1, 0.15) is 46.5 Å². The molecule has 0 spiro atoms. The van der Waals surface area contributed by atoms with Crippen molar-refractivity contribution in [1.29, 1.82) is 0 Å². The Hall–Kier alpha value is -0.120. The molecule has 1 N–H and O–H groups in total. The lowest BCUT2D eigenvalue weighted by atomic mass is 9.76. The number of hydrogen-bond acceptors (Lipinski definition) is 3. The van der Waals surface area contributed by atoms with Gasteiger partial charge in [-0.1, -0.05) is 13.3 Å². The molecule has 1 rings (SSSR count). The van der Waals surface area contributed by atoms with Crippen molar-refractivity contribution in [3.63, 3.8) is 0 Å². The van der Waals surface area contributed by atoms with Crippen LogP contribution in [0.4, 0.5) is 0 Å². The van der Waals surface area contributed by atoms with Gasteiger partial charge in [0.05, 0.1) is 12.7 Å². The molecule has 18 heavy (non-hydrogen) atoms. The first-order chi connectivity index (χ1) is 8.58. The van der Waals surface area contributed by atoms with E-state index in [-0.39, 0.29) is 0 Å². The van der Waals surface area contributed by atoms with Crippen molar-refractivity contribution in [2.45, 2.75) is 52.6 Å². The van der Waals surface area contributed by atoms with Gasteiger partial charge in [0.2, 0.25) is 0 Å². The van der Waals surface area contributed by atoms with Gasteiger partial charge in [-0.3, -0.25) is 0 Å². The van der Waals surface area contributed by atoms with E-state index in [1.54, 1.807) is 0 Å². The monoisotopic (exact) mass is 256 g/mol. The fourth-order valence-corrected chi connectivity index (χ4v) is 3.08. The molecule has 0 aliphatic carbocycles. The van der Waals surface area contributed by atoms with Crippen LogP contribution in [-0.4, -0.2) is 50.8 Å². The smallest absolute Gasteiger partial charge is 0.0596 e. The van der Waals surface area contributed by atoms with E-state index in [1.807, 2.05) is 0 Å². The molecule has 0 aromatic rings. The lowest BCUT2D eigenvalue weighted by molar-refractivity contribution is 0.0483. The molecule has 0 radical (unpaired) electrons. The second-order valence-corrected chi connectivity index (χ2v) is 6.19. The Kier molecular flexibility index (Phi) is 7.20. The van der Waals surface area contributed by atoms with Gasteiger partial charge in [0.1, 0.15) is 0 Å². The van der Waals surface area contributed by atoms with Crippen molar-refractivity contribution in [1.82, 2.24) is 10.2 Å². The van der Waals surface area contributed by atoms with Gasteiger partial charge in [-0.2, -0.15) is 0 Å².